The Balaban J connectivity index is 1.90. The summed E-state index contributed by atoms with van der Waals surface area (Å²) in [5.41, 5.74) is 6.56. The van der Waals surface area contributed by atoms with E-state index in [1.807, 2.05) is 0 Å². The van der Waals surface area contributed by atoms with Crippen LogP contribution in [0, 0.1) is 0 Å². The molecule has 0 aromatic heterocycles. The lowest BCUT2D eigenvalue weighted by Crippen LogP contribution is -2.54. The number of hydrogen-bond acceptors (Lipinski definition) is 5. The molecule has 3 aliphatic rings. The summed E-state index contributed by atoms with van der Waals surface area (Å²) in [6.45, 7) is 0. The minimum atomic E-state index is -0.917. The normalized spacial score (nSPS) is 29.7. The molecule has 1 aliphatic carbocycles. The van der Waals surface area contributed by atoms with Gasteiger partial charge < -0.3 is 5.73 Å². The molecular weight excluding hydrogens is 274 g/mol. The molecule has 0 aromatic rings. The van der Waals surface area contributed by atoms with E-state index in [1.54, 1.807) is 12.2 Å². The number of nitrogens with one attached hydrogen (secondary N) is 1. The van der Waals surface area contributed by atoms with Gasteiger partial charge >= 0.3 is 0 Å². The summed E-state index contributed by atoms with van der Waals surface area (Å²) in [5, 5.41) is 2.16. The summed E-state index contributed by atoms with van der Waals surface area (Å²) >= 11 is 0. The molecule has 7 nitrogen and oxygen atoms in total. The second-order valence-corrected chi connectivity index (χ2v) is 5.44. The van der Waals surface area contributed by atoms with Gasteiger partial charge in [0.1, 0.15) is 6.04 Å². The van der Waals surface area contributed by atoms with Gasteiger partial charge in [-0.15, -0.1) is 0 Å². The number of piperidine rings is 1. The van der Waals surface area contributed by atoms with Gasteiger partial charge in [-0.3, -0.25) is 29.4 Å². The highest BCUT2D eigenvalue weighted by atomic mass is 16.2. The lowest BCUT2D eigenvalue weighted by Gasteiger charge is -2.28. The molecule has 0 saturated carbocycles. The van der Waals surface area contributed by atoms with E-state index in [4.69, 9.17) is 5.73 Å². The van der Waals surface area contributed by atoms with Crippen molar-refractivity contribution >= 4 is 23.6 Å². The summed E-state index contributed by atoms with van der Waals surface area (Å²) in [6.07, 6.45) is 4.58. The summed E-state index contributed by atoms with van der Waals surface area (Å²) in [4.78, 5) is 48.9. The highest BCUT2D eigenvalue weighted by Crippen LogP contribution is 2.31. The number of carbonyl (C=O) groups excluding carboxylic acids is 4. The van der Waals surface area contributed by atoms with Gasteiger partial charge in [-0.25, -0.2) is 0 Å². The van der Waals surface area contributed by atoms with Gasteiger partial charge in [0.2, 0.25) is 11.8 Å². The van der Waals surface area contributed by atoms with E-state index in [2.05, 4.69) is 5.32 Å². The number of rotatable bonds is 1. The van der Waals surface area contributed by atoms with Crippen LogP contribution in [0.5, 0.6) is 0 Å². The largest absolute Gasteiger partial charge is 0.327 e. The molecule has 1 unspecified atom stereocenters. The molecule has 110 valence electrons. The number of nitrogens with two attached hydrogens (primary N) is 1. The fourth-order valence-electron chi connectivity index (χ4n) is 2.90. The second-order valence-electron chi connectivity index (χ2n) is 5.44. The van der Waals surface area contributed by atoms with Gasteiger partial charge in [0, 0.05) is 23.6 Å². The molecule has 1 saturated heterocycles. The van der Waals surface area contributed by atoms with Crippen LogP contribution < -0.4 is 11.1 Å². The van der Waals surface area contributed by atoms with Crippen molar-refractivity contribution in [1.29, 1.82) is 0 Å². The SMILES string of the molecule is N[C@@H]1CC=CC2=C(C1)C(=O)N(C1CCC(=O)NC1=O)C2=O. The van der Waals surface area contributed by atoms with Crippen LogP contribution in [-0.4, -0.2) is 40.6 Å². The first-order valence-electron chi connectivity index (χ1n) is 6.86. The zero-order valence-electron chi connectivity index (χ0n) is 11.3. The fraction of sp³-hybridized carbons (Fsp3) is 0.429. The van der Waals surface area contributed by atoms with Crippen molar-refractivity contribution in [2.75, 3.05) is 0 Å². The Kier molecular flexibility index (Phi) is 3.21. The first-order valence-corrected chi connectivity index (χ1v) is 6.86. The predicted octanol–water partition coefficient (Wildman–Crippen LogP) is -0.866. The number of nitrogens with zero attached hydrogens (tertiary/aromatic N) is 1. The van der Waals surface area contributed by atoms with Gasteiger partial charge in [0.15, 0.2) is 0 Å². The van der Waals surface area contributed by atoms with Crippen LogP contribution in [0.25, 0.3) is 0 Å². The van der Waals surface area contributed by atoms with Crippen LogP contribution in [0.3, 0.4) is 0 Å². The van der Waals surface area contributed by atoms with Crippen molar-refractivity contribution < 1.29 is 19.2 Å². The average molecular weight is 289 g/mol. The average Bonchev–Trinajstić information content (AvgIpc) is 2.59. The maximum Gasteiger partial charge on any atom is 0.261 e. The maximum atomic E-state index is 12.5. The monoisotopic (exact) mass is 289 g/mol. The molecule has 0 spiro atoms. The summed E-state index contributed by atoms with van der Waals surface area (Å²) in [6, 6.07) is -1.13. The van der Waals surface area contributed by atoms with Crippen LogP contribution in [0.15, 0.2) is 23.3 Å². The molecule has 4 amide bonds. The molecule has 0 bridgehead atoms. The lowest BCUT2D eigenvalue weighted by molar-refractivity contribution is -0.150. The molecule has 7 heteroatoms. The summed E-state index contributed by atoms with van der Waals surface area (Å²) < 4.78 is 0. The smallest absolute Gasteiger partial charge is 0.261 e. The minimum absolute atomic E-state index is 0.119. The van der Waals surface area contributed by atoms with Crippen LogP contribution in [-0.2, 0) is 19.2 Å². The third-order valence-corrected chi connectivity index (χ3v) is 3.96. The maximum absolute atomic E-state index is 12.5. The van der Waals surface area contributed by atoms with Crippen molar-refractivity contribution in [2.45, 2.75) is 37.8 Å². The van der Waals surface area contributed by atoms with Gasteiger partial charge in [0.05, 0.1) is 0 Å². The van der Waals surface area contributed by atoms with Gasteiger partial charge in [-0.2, -0.15) is 0 Å². The van der Waals surface area contributed by atoms with Gasteiger partial charge in [0.25, 0.3) is 11.8 Å². The first kappa shape index (κ1) is 13.7. The second kappa shape index (κ2) is 4.92. The Morgan fingerprint density at radius 3 is 2.67 bits per heavy atom. The van der Waals surface area contributed by atoms with Crippen LogP contribution in [0.2, 0.25) is 0 Å². The summed E-state index contributed by atoms with van der Waals surface area (Å²) in [7, 11) is 0. The zero-order valence-corrected chi connectivity index (χ0v) is 11.3. The van der Waals surface area contributed by atoms with Crippen molar-refractivity contribution in [3.8, 4) is 0 Å². The number of imide groups is 2. The molecule has 0 radical (unpaired) electrons. The van der Waals surface area contributed by atoms with Gasteiger partial charge in [-0.1, -0.05) is 12.2 Å². The zero-order chi connectivity index (χ0) is 15.1. The van der Waals surface area contributed by atoms with Crippen LogP contribution in [0.1, 0.15) is 25.7 Å². The standard InChI is InChI=1S/C14H15N3O4/c15-7-2-1-3-8-9(6-7)14(21)17(13(8)20)10-4-5-11(18)16-12(10)19/h1,3,7,10H,2,4-6,15H2,(H,16,18,19)/t7-,10?/m1/s1. The predicted molar refractivity (Wildman–Crippen MR) is 71.4 cm³/mol. The molecular formula is C14H15N3O4. The van der Waals surface area contributed by atoms with E-state index in [1.165, 1.54) is 0 Å². The van der Waals surface area contributed by atoms with E-state index in [0.29, 0.717) is 24.0 Å². The van der Waals surface area contributed by atoms with E-state index in [0.717, 1.165) is 4.90 Å². The van der Waals surface area contributed by atoms with Crippen molar-refractivity contribution in [3.05, 3.63) is 23.3 Å². The fourth-order valence-corrected chi connectivity index (χ4v) is 2.90. The number of carbonyl (C=O) groups is 4. The number of hydrogen-bond donors (Lipinski definition) is 2. The van der Waals surface area contributed by atoms with E-state index in [9.17, 15) is 19.2 Å². The quantitative estimate of drug-likeness (QED) is 0.610. The highest BCUT2D eigenvalue weighted by molar-refractivity contribution is 6.22. The van der Waals surface area contributed by atoms with E-state index in [-0.39, 0.29) is 24.8 Å². The molecule has 2 aliphatic heterocycles. The Morgan fingerprint density at radius 1 is 1.19 bits per heavy atom. The van der Waals surface area contributed by atoms with Crippen LogP contribution >= 0.6 is 0 Å². The molecule has 2 atom stereocenters. The van der Waals surface area contributed by atoms with E-state index >= 15 is 0 Å². The molecule has 0 aromatic carbocycles. The van der Waals surface area contributed by atoms with E-state index < -0.39 is 23.8 Å². The molecule has 1 fully saturated rings. The number of amides is 4. The Labute approximate surface area is 120 Å². The third-order valence-electron chi connectivity index (χ3n) is 3.96. The minimum Gasteiger partial charge on any atom is -0.327 e. The summed E-state index contributed by atoms with van der Waals surface area (Å²) in [5.74, 6) is -1.92. The Bertz CT molecular complexity index is 620. The highest BCUT2D eigenvalue weighted by Gasteiger charge is 2.45. The molecule has 3 N–H and O–H groups in total. The first-order chi connectivity index (χ1) is 9.99. The van der Waals surface area contributed by atoms with Crippen molar-refractivity contribution in [3.63, 3.8) is 0 Å². The molecule has 2 heterocycles. The lowest BCUT2D eigenvalue weighted by atomic mass is 10.0. The topological polar surface area (TPSA) is 110 Å². The van der Waals surface area contributed by atoms with Crippen molar-refractivity contribution in [2.24, 2.45) is 5.73 Å². The Morgan fingerprint density at radius 2 is 1.95 bits per heavy atom. The third kappa shape index (κ3) is 2.19. The van der Waals surface area contributed by atoms with Crippen molar-refractivity contribution in [1.82, 2.24) is 10.2 Å². The molecule has 21 heavy (non-hydrogen) atoms. The Hall–Kier alpha value is -2.28. The van der Waals surface area contributed by atoms with Crippen LogP contribution in [0.4, 0.5) is 0 Å². The van der Waals surface area contributed by atoms with Gasteiger partial charge in [-0.05, 0) is 19.3 Å². The molecule has 3 rings (SSSR count).